The highest BCUT2D eigenvalue weighted by Crippen LogP contribution is 2.31. The Morgan fingerprint density at radius 1 is 0.741 bits per heavy atom. The Balaban J connectivity index is 1.90. The molecule has 0 bridgehead atoms. The molecule has 3 aromatic rings. The molecular formula is C21H26N6. The smallest absolute Gasteiger partial charge is 0.141 e. The molecule has 140 valence electrons. The van der Waals surface area contributed by atoms with Crippen LogP contribution in [-0.4, -0.2) is 29.9 Å². The molecule has 0 atom stereocenters. The predicted octanol–water partition coefficient (Wildman–Crippen LogP) is 3.83. The van der Waals surface area contributed by atoms with E-state index in [1.165, 1.54) is 0 Å². The van der Waals surface area contributed by atoms with Crippen LogP contribution in [-0.2, 0) is 10.8 Å². The third kappa shape index (κ3) is 3.70. The van der Waals surface area contributed by atoms with Crippen molar-refractivity contribution in [2.75, 3.05) is 0 Å². The van der Waals surface area contributed by atoms with E-state index in [1.54, 1.807) is 12.5 Å². The maximum atomic E-state index is 4.64. The summed E-state index contributed by atoms with van der Waals surface area (Å²) in [6.45, 7) is 12.6. The van der Waals surface area contributed by atoms with Gasteiger partial charge in [0.2, 0.25) is 0 Å². The van der Waals surface area contributed by atoms with Gasteiger partial charge in [0.15, 0.2) is 0 Å². The first-order chi connectivity index (χ1) is 12.7. The van der Waals surface area contributed by atoms with Crippen LogP contribution in [0, 0.1) is 0 Å². The first-order valence-corrected chi connectivity index (χ1v) is 9.15. The van der Waals surface area contributed by atoms with E-state index in [1.807, 2.05) is 44.7 Å². The van der Waals surface area contributed by atoms with Crippen LogP contribution < -0.4 is 0 Å². The minimum absolute atomic E-state index is 0.305. The van der Waals surface area contributed by atoms with Crippen LogP contribution in [0.2, 0.25) is 0 Å². The standard InChI is InChI=1S/C21H26N6/c1-14(2)15-9-23-18(24-10-15)21(5,6)19-25-11-16(12-26-19)20(3,4)17-7-8-22-13-27-17/h7-14H,1-6H3. The van der Waals surface area contributed by atoms with Gasteiger partial charge in [-0.3, -0.25) is 0 Å². The molecule has 3 heterocycles. The Morgan fingerprint density at radius 2 is 1.30 bits per heavy atom. The molecule has 0 saturated heterocycles. The van der Waals surface area contributed by atoms with Gasteiger partial charge in [-0.25, -0.2) is 29.9 Å². The van der Waals surface area contributed by atoms with E-state index >= 15 is 0 Å². The van der Waals surface area contributed by atoms with Gasteiger partial charge < -0.3 is 0 Å². The van der Waals surface area contributed by atoms with Crippen molar-refractivity contribution in [3.63, 3.8) is 0 Å². The summed E-state index contributed by atoms with van der Waals surface area (Å²) in [5.74, 6) is 1.82. The molecule has 6 heteroatoms. The minimum Gasteiger partial charge on any atom is -0.245 e. The van der Waals surface area contributed by atoms with Gasteiger partial charge in [-0.1, -0.05) is 27.7 Å². The van der Waals surface area contributed by atoms with Gasteiger partial charge in [0, 0.05) is 42.0 Å². The fourth-order valence-electron chi connectivity index (χ4n) is 2.84. The quantitative estimate of drug-likeness (QED) is 0.686. The van der Waals surface area contributed by atoms with Crippen molar-refractivity contribution < 1.29 is 0 Å². The molecule has 0 aromatic carbocycles. The summed E-state index contributed by atoms with van der Waals surface area (Å²) in [5.41, 5.74) is 2.27. The molecule has 0 aliphatic heterocycles. The summed E-state index contributed by atoms with van der Waals surface area (Å²) in [6.07, 6.45) is 10.8. The van der Waals surface area contributed by atoms with E-state index in [0.717, 1.165) is 22.6 Å². The summed E-state index contributed by atoms with van der Waals surface area (Å²) >= 11 is 0. The zero-order valence-electron chi connectivity index (χ0n) is 16.8. The molecule has 0 amide bonds. The van der Waals surface area contributed by atoms with Crippen molar-refractivity contribution in [3.8, 4) is 0 Å². The summed E-state index contributed by atoms with van der Waals surface area (Å²) in [5, 5.41) is 0. The van der Waals surface area contributed by atoms with Crippen molar-refractivity contribution in [2.24, 2.45) is 0 Å². The van der Waals surface area contributed by atoms with E-state index in [9.17, 15) is 0 Å². The van der Waals surface area contributed by atoms with Gasteiger partial charge in [0.25, 0.3) is 0 Å². The first kappa shape index (κ1) is 19.0. The van der Waals surface area contributed by atoms with Crippen LogP contribution in [0.4, 0.5) is 0 Å². The molecule has 0 N–H and O–H groups in total. The minimum atomic E-state index is -0.479. The fraction of sp³-hybridized carbons (Fsp3) is 0.429. The summed E-state index contributed by atoms with van der Waals surface area (Å²) < 4.78 is 0. The lowest BCUT2D eigenvalue weighted by molar-refractivity contribution is 0.538. The zero-order valence-corrected chi connectivity index (χ0v) is 16.8. The lowest BCUT2D eigenvalue weighted by atomic mass is 9.82. The van der Waals surface area contributed by atoms with Crippen LogP contribution >= 0.6 is 0 Å². The molecule has 0 spiro atoms. The van der Waals surface area contributed by atoms with E-state index < -0.39 is 5.41 Å². The average molecular weight is 362 g/mol. The molecule has 0 unspecified atom stereocenters. The average Bonchev–Trinajstić information content (AvgIpc) is 2.69. The number of hydrogen-bond acceptors (Lipinski definition) is 6. The molecule has 0 fully saturated rings. The Hall–Kier alpha value is -2.76. The molecule has 3 rings (SSSR count). The molecule has 0 saturated carbocycles. The topological polar surface area (TPSA) is 77.3 Å². The number of nitrogens with zero attached hydrogens (tertiary/aromatic N) is 6. The monoisotopic (exact) mass is 362 g/mol. The summed E-state index contributed by atoms with van der Waals surface area (Å²) in [6, 6.07) is 1.92. The van der Waals surface area contributed by atoms with Gasteiger partial charge in [0.1, 0.15) is 18.0 Å². The molecule has 0 radical (unpaired) electrons. The van der Waals surface area contributed by atoms with Gasteiger partial charge in [-0.05, 0) is 31.4 Å². The normalized spacial score (nSPS) is 12.4. The molecule has 6 nitrogen and oxygen atoms in total. The fourth-order valence-corrected chi connectivity index (χ4v) is 2.84. The molecule has 27 heavy (non-hydrogen) atoms. The van der Waals surface area contributed by atoms with Crippen molar-refractivity contribution in [2.45, 2.75) is 58.3 Å². The molecule has 0 aliphatic carbocycles. The zero-order chi connectivity index (χ0) is 19.7. The Labute approximate surface area is 160 Å². The van der Waals surface area contributed by atoms with Crippen LogP contribution in [0.3, 0.4) is 0 Å². The highest BCUT2D eigenvalue weighted by Gasteiger charge is 2.31. The van der Waals surface area contributed by atoms with Gasteiger partial charge in [-0.2, -0.15) is 0 Å². The second kappa shape index (κ2) is 7.10. The predicted molar refractivity (Wildman–Crippen MR) is 104 cm³/mol. The van der Waals surface area contributed by atoms with Crippen LogP contribution in [0.15, 0.2) is 43.4 Å². The highest BCUT2D eigenvalue weighted by molar-refractivity contribution is 5.31. The van der Waals surface area contributed by atoms with Crippen molar-refractivity contribution in [3.05, 3.63) is 71.8 Å². The van der Waals surface area contributed by atoms with E-state index in [4.69, 9.17) is 0 Å². The van der Waals surface area contributed by atoms with E-state index in [0.29, 0.717) is 11.7 Å². The Morgan fingerprint density at radius 3 is 1.78 bits per heavy atom. The second-order valence-electron chi connectivity index (χ2n) is 8.13. The Kier molecular flexibility index (Phi) is 5.00. The maximum absolute atomic E-state index is 4.64. The number of rotatable bonds is 5. The van der Waals surface area contributed by atoms with Crippen LogP contribution in [0.1, 0.15) is 75.9 Å². The third-order valence-corrected chi connectivity index (χ3v) is 5.05. The van der Waals surface area contributed by atoms with E-state index in [-0.39, 0.29) is 5.41 Å². The lowest BCUT2D eigenvalue weighted by Crippen LogP contribution is -2.27. The summed E-state index contributed by atoms with van der Waals surface area (Å²) in [7, 11) is 0. The van der Waals surface area contributed by atoms with Crippen LogP contribution in [0.25, 0.3) is 0 Å². The van der Waals surface area contributed by atoms with Crippen LogP contribution in [0.5, 0.6) is 0 Å². The number of hydrogen-bond donors (Lipinski definition) is 0. The summed E-state index contributed by atoms with van der Waals surface area (Å²) in [4.78, 5) is 26.8. The third-order valence-electron chi connectivity index (χ3n) is 5.05. The SMILES string of the molecule is CC(C)c1cnc(C(C)(C)c2ncc(C(C)(C)c3ccncn3)cn2)nc1. The molecule has 0 aliphatic rings. The Bertz CT molecular complexity index is 884. The van der Waals surface area contributed by atoms with Crippen molar-refractivity contribution >= 4 is 0 Å². The molecule has 3 aromatic heterocycles. The van der Waals surface area contributed by atoms with Crippen molar-refractivity contribution in [1.29, 1.82) is 0 Å². The van der Waals surface area contributed by atoms with Gasteiger partial charge in [0.05, 0.1) is 11.1 Å². The van der Waals surface area contributed by atoms with Crippen molar-refractivity contribution in [1.82, 2.24) is 29.9 Å². The van der Waals surface area contributed by atoms with Gasteiger partial charge >= 0.3 is 0 Å². The number of aromatic nitrogens is 6. The lowest BCUT2D eigenvalue weighted by Gasteiger charge is -2.26. The molecular weight excluding hydrogens is 336 g/mol. The second-order valence-corrected chi connectivity index (χ2v) is 8.13. The largest absolute Gasteiger partial charge is 0.245 e. The first-order valence-electron chi connectivity index (χ1n) is 9.15. The van der Waals surface area contributed by atoms with Gasteiger partial charge in [-0.15, -0.1) is 0 Å². The maximum Gasteiger partial charge on any atom is 0.141 e. The highest BCUT2D eigenvalue weighted by atomic mass is 15.0. The van der Waals surface area contributed by atoms with E-state index in [2.05, 4.69) is 57.6 Å².